The zero-order valence-corrected chi connectivity index (χ0v) is 13.3. The van der Waals surface area contributed by atoms with Crippen LogP contribution in [0.3, 0.4) is 0 Å². The third kappa shape index (κ3) is 5.18. The molecule has 6 nitrogen and oxygen atoms in total. The molecule has 0 saturated carbocycles. The fourth-order valence-electron chi connectivity index (χ4n) is 1.71. The fourth-order valence-corrected chi connectivity index (χ4v) is 3.05. The van der Waals surface area contributed by atoms with Crippen LogP contribution in [0.4, 0.5) is 4.39 Å². The number of nitrogens with two attached hydrogens (primary N) is 1. The van der Waals surface area contributed by atoms with Gasteiger partial charge >= 0.3 is 0 Å². The molecule has 0 aliphatic heterocycles. The average Bonchev–Trinajstić information content (AvgIpc) is 2.32. The lowest BCUT2D eigenvalue weighted by molar-refractivity contribution is 0.0949. The lowest BCUT2D eigenvalue weighted by Gasteiger charge is -2.09. The number of amides is 1. The molecule has 3 N–H and O–H groups in total. The van der Waals surface area contributed by atoms with Crippen molar-refractivity contribution in [2.75, 3.05) is 18.6 Å². The number of hydrogen-bond acceptors (Lipinski definition) is 4. The number of halogens is 1. The van der Waals surface area contributed by atoms with Crippen LogP contribution in [-0.2, 0) is 20.8 Å². The van der Waals surface area contributed by atoms with Crippen LogP contribution in [-0.4, -0.2) is 37.1 Å². The Morgan fingerprint density at radius 1 is 1.43 bits per heavy atom. The normalized spacial score (nSPS) is 13.0. The smallest absolute Gasteiger partial charge is 0.254 e. The first-order chi connectivity index (χ1) is 9.62. The summed E-state index contributed by atoms with van der Waals surface area (Å²) in [6.45, 7) is 1.61. The SMILES string of the molecule is Cc1cc(F)c(C(=O)NCCCS(C)=O)cc1S(N)(=O)=O. The minimum Gasteiger partial charge on any atom is -0.352 e. The Bertz CT molecular complexity index is 674. The largest absolute Gasteiger partial charge is 0.352 e. The van der Waals surface area contributed by atoms with Gasteiger partial charge in [-0.15, -0.1) is 0 Å². The zero-order chi connectivity index (χ0) is 16.2. The first kappa shape index (κ1) is 17.7. The maximum atomic E-state index is 13.8. The van der Waals surface area contributed by atoms with Gasteiger partial charge in [0.25, 0.3) is 5.91 Å². The van der Waals surface area contributed by atoms with E-state index in [9.17, 15) is 21.8 Å². The minimum atomic E-state index is -4.03. The molecule has 0 heterocycles. The number of benzene rings is 1. The summed E-state index contributed by atoms with van der Waals surface area (Å²) in [6.07, 6.45) is 2.02. The number of aryl methyl sites for hydroxylation is 1. The van der Waals surface area contributed by atoms with Gasteiger partial charge in [0.2, 0.25) is 10.0 Å². The van der Waals surface area contributed by atoms with Crippen LogP contribution < -0.4 is 10.5 Å². The number of carbonyl (C=O) groups excluding carboxylic acids is 1. The molecule has 0 saturated heterocycles. The molecule has 1 atom stereocenters. The van der Waals surface area contributed by atoms with E-state index in [0.717, 1.165) is 12.1 Å². The maximum Gasteiger partial charge on any atom is 0.254 e. The molecule has 118 valence electrons. The Labute approximate surface area is 125 Å². The van der Waals surface area contributed by atoms with E-state index in [2.05, 4.69) is 5.32 Å². The molecule has 0 bridgehead atoms. The molecule has 1 amide bonds. The standard InChI is InChI=1S/C12H17FN2O4S2/c1-8-6-10(13)9(7-11(8)21(14,18)19)12(16)15-4-3-5-20(2)17/h6-7H,3-5H2,1-2H3,(H,15,16)(H2,14,18,19). The van der Waals surface area contributed by atoms with Gasteiger partial charge < -0.3 is 5.32 Å². The van der Waals surface area contributed by atoms with E-state index in [1.807, 2.05) is 0 Å². The highest BCUT2D eigenvalue weighted by Gasteiger charge is 2.19. The maximum absolute atomic E-state index is 13.8. The number of nitrogens with one attached hydrogen (secondary N) is 1. The highest BCUT2D eigenvalue weighted by molar-refractivity contribution is 7.89. The summed E-state index contributed by atoms with van der Waals surface area (Å²) < 4.78 is 47.4. The summed E-state index contributed by atoms with van der Waals surface area (Å²) in [7, 11) is -5.00. The molecular weight excluding hydrogens is 319 g/mol. The fraction of sp³-hybridized carbons (Fsp3) is 0.417. The van der Waals surface area contributed by atoms with Gasteiger partial charge in [0.05, 0.1) is 10.5 Å². The number of sulfonamides is 1. The molecule has 0 spiro atoms. The van der Waals surface area contributed by atoms with E-state index in [1.165, 1.54) is 6.92 Å². The predicted molar refractivity (Wildman–Crippen MR) is 78.4 cm³/mol. The quantitative estimate of drug-likeness (QED) is 0.728. The van der Waals surface area contributed by atoms with Crippen molar-refractivity contribution in [3.63, 3.8) is 0 Å². The lowest BCUT2D eigenvalue weighted by atomic mass is 10.1. The summed E-state index contributed by atoms with van der Waals surface area (Å²) in [5, 5.41) is 7.46. The van der Waals surface area contributed by atoms with E-state index in [-0.39, 0.29) is 22.6 Å². The first-order valence-electron chi connectivity index (χ1n) is 6.04. The van der Waals surface area contributed by atoms with Gasteiger partial charge in [0, 0.05) is 29.4 Å². The van der Waals surface area contributed by atoms with Crippen molar-refractivity contribution in [2.24, 2.45) is 5.14 Å². The van der Waals surface area contributed by atoms with Crippen LogP contribution in [0.2, 0.25) is 0 Å². The lowest BCUT2D eigenvalue weighted by Crippen LogP contribution is -2.27. The Kier molecular flexibility index (Phi) is 5.99. The number of hydrogen-bond donors (Lipinski definition) is 2. The molecule has 1 aromatic carbocycles. The molecule has 0 aliphatic rings. The first-order valence-corrected chi connectivity index (χ1v) is 9.31. The van der Waals surface area contributed by atoms with Crippen molar-refractivity contribution in [3.05, 3.63) is 29.1 Å². The molecule has 0 radical (unpaired) electrons. The number of primary sulfonamides is 1. The third-order valence-electron chi connectivity index (χ3n) is 2.71. The van der Waals surface area contributed by atoms with Gasteiger partial charge in [-0.2, -0.15) is 0 Å². The van der Waals surface area contributed by atoms with E-state index in [0.29, 0.717) is 12.2 Å². The van der Waals surface area contributed by atoms with Crippen LogP contribution in [0, 0.1) is 12.7 Å². The van der Waals surface area contributed by atoms with Gasteiger partial charge in [-0.05, 0) is 31.0 Å². The van der Waals surface area contributed by atoms with E-state index >= 15 is 0 Å². The average molecular weight is 336 g/mol. The van der Waals surface area contributed by atoms with Crippen LogP contribution in [0.25, 0.3) is 0 Å². The number of carbonyl (C=O) groups is 1. The van der Waals surface area contributed by atoms with Crippen molar-refractivity contribution in [3.8, 4) is 0 Å². The third-order valence-corrected chi connectivity index (χ3v) is 4.63. The second kappa shape index (κ2) is 7.10. The monoisotopic (exact) mass is 336 g/mol. The summed E-state index contributed by atoms with van der Waals surface area (Å²) in [4.78, 5) is 11.5. The molecule has 0 aromatic heterocycles. The van der Waals surface area contributed by atoms with E-state index in [1.54, 1.807) is 6.26 Å². The molecule has 1 unspecified atom stereocenters. The minimum absolute atomic E-state index is 0.132. The Balaban J connectivity index is 2.92. The highest BCUT2D eigenvalue weighted by atomic mass is 32.2. The summed E-state index contributed by atoms with van der Waals surface area (Å²) in [5.41, 5.74) is -0.254. The Morgan fingerprint density at radius 3 is 2.57 bits per heavy atom. The van der Waals surface area contributed by atoms with Gasteiger partial charge in [-0.3, -0.25) is 9.00 Å². The van der Waals surface area contributed by atoms with E-state index < -0.39 is 32.5 Å². The van der Waals surface area contributed by atoms with Crippen molar-refractivity contribution >= 4 is 26.7 Å². The highest BCUT2D eigenvalue weighted by Crippen LogP contribution is 2.19. The molecule has 1 aromatic rings. The van der Waals surface area contributed by atoms with Gasteiger partial charge in [-0.25, -0.2) is 17.9 Å². The molecule has 1 rings (SSSR count). The van der Waals surface area contributed by atoms with Crippen molar-refractivity contribution in [2.45, 2.75) is 18.2 Å². The van der Waals surface area contributed by atoms with Gasteiger partial charge in [0.1, 0.15) is 5.82 Å². The van der Waals surface area contributed by atoms with E-state index in [4.69, 9.17) is 5.14 Å². The van der Waals surface area contributed by atoms with Crippen molar-refractivity contribution in [1.82, 2.24) is 5.32 Å². The molecule has 0 fully saturated rings. The predicted octanol–water partition coefficient (Wildman–Crippen LogP) is 0.280. The topological polar surface area (TPSA) is 106 Å². The van der Waals surface area contributed by atoms with Crippen molar-refractivity contribution in [1.29, 1.82) is 0 Å². The Hall–Kier alpha value is -1.32. The van der Waals surface area contributed by atoms with Gasteiger partial charge in [-0.1, -0.05) is 0 Å². The van der Waals surface area contributed by atoms with Crippen LogP contribution in [0.1, 0.15) is 22.3 Å². The summed E-state index contributed by atoms with van der Waals surface area (Å²) in [5.74, 6) is -1.14. The number of rotatable bonds is 6. The van der Waals surface area contributed by atoms with Gasteiger partial charge in [0.15, 0.2) is 0 Å². The van der Waals surface area contributed by atoms with Crippen LogP contribution >= 0.6 is 0 Å². The summed E-state index contributed by atoms with van der Waals surface area (Å²) in [6, 6.07) is 1.88. The van der Waals surface area contributed by atoms with Crippen molar-refractivity contribution < 1.29 is 21.8 Å². The molecule has 21 heavy (non-hydrogen) atoms. The van der Waals surface area contributed by atoms with Crippen LogP contribution in [0.15, 0.2) is 17.0 Å². The molecule has 0 aliphatic carbocycles. The summed E-state index contributed by atoms with van der Waals surface area (Å²) >= 11 is 0. The second-order valence-corrected chi connectivity index (χ2v) is 7.61. The molecular formula is C12H17FN2O4S2. The Morgan fingerprint density at radius 2 is 2.05 bits per heavy atom. The zero-order valence-electron chi connectivity index (χ0n) is 11.7. The molecule has 9 heteroatoms. The second-order valence-electron chi connectivity index (χ2n) is 4.53. The van der Waals surface area contributed by atoms with Crippen LogP contribution in [0.5, 0.6) is 0 Å².